The van der Waals surface area contributed by atoms with E-state index in [0.29, 0.717) is 32.0 Å². The minimum atomic E-state index is -3.57. The number of carbonyl (C=O) groups is 1. The highest BCUT2D eigenvalue weighted by Gasteiger charge is 2.27. The molecule has 4 rings (SSSR count). The number of amides is 1. The lowest BCUT2D eigenvalue weighted by atomic mass is 10.1. The molecular formula is C23H29N3O3S. The van der Waals surface area contributed by atoms with E-state index < -0.39 is 10.0 Å². The van der Waals surface area contributed by atoms with E-state index in [1.165, 1.54) is 11.3 Å². The van der Waals surface area contributed by atoms with Crippen molar-refractivity contribution in [2.24, 2.45) is 0 Å². The average Bonchev–Trinajstić information content (AvgIpc) is 3.30. The number of hydrogen-bond donors (Lipinski definition) is 1. The summed E-state index contributed by atoms with van der Waals surface area (Å²) in [4.78, 5) is 16.4. The van der Waals surface area contributed by atoms with Crippen LogP contribution in [-0.4, -0.2) is 40.0 Å². The molecule has 2 heterocycles. The molecule has 0 saturated carbocycles. The largest absolute Gasteiger partial charge is 0.368 e. The first-order chi connectivity index (χ1) is 14.4. The maximum absolute atomic E-state index is 12.8. The van der Waals surface area contributed by atoms with Gasteiger partial charge in [0.15, 0.2) is 0 Å². The van der Waals surface area contributed by atoms with E-state index in [9.17, 15) is 13.2 Å². The van der Waals surface area contributed by atoms with E-state index in [1.54, 1.807) is 23.1 Å². The number of nitrogens with zero attached hydrogens (tertiary/aromatic N) is 2. The molecule has 0 aliphatic carbocycles. The zero-order valence-corrected chi connectivity index (χ0v) is 18.4. The first-order valence-corrected chi connectivity index (χ1v) is 12.2. The molecule has 1 atom stereocenters. The molecular weight excluding hydrogens is 398 g/mol. The van der Waals surface area contributed by atoms with E-state index in [0.717, 1.165) is 30.6 Å². The summed E-state index contributed by atoms with van der Waals surface area (Å²) in [5.74, 6) is 0.0696. The summed E-state index contributed by atoms with van der Waals surface area (Å²) >= 11 is 0. The molecule has 0 spiro atoms. The highest BCUT2D eigenvalue weighted by atomic mass is 32.2. The molecule has 2 aromatic rings. The Labute approximate surface area is 178 Å². The van der Waals surface area contributed by atoms with Crippen LogP contribution in [0.4, 0.5) is 11.4 Å². The molecule has 30 heavy (non-hydrogen) atoms. The molecule has 160 valence electrons. The topological polar surface area (TPSA) is 69.7 Å². The zero-order valence-electron chi connectivity index (χ0n) is 17.6. The number of carbonyl (C=O) groups excluding carboxylic acids is 1. The SMILES string of the molecule is CCC(=O)N1CCc2cc(S(=O)(=O)NCCCN3c4ccccc4C[C@@H]3C)ccc21. The summed E-state index contributed by atoms with van der Waals surface area (Å²) in [5, 5.41) is 0. The molecule has 6 nitrogen and oxygen atoms in total. The Kier molecular flexibility index (Phi) is 5.84. The van der Waals surface area contributed by atoms with Crippen LogP contribution in [0.15, 0.2) is 47.4 Å². The third-order valence-corrected chi connectivity index (χ3v) is 7.54. The molecule has 2 aliphatic heterocycles. The highest BCUT2D eigenvalue weighted by molar-refractivity contribution is 7.89. The van der Waals surface area contributed by atoms with E-state index in [1.807, 2.05) is 6.92 Å². The molecule has 2 aromatic carbocycles. The fourth-order valence-corrected chi connectivity index (χ4v) is 5.63. The molecule has 0 radical (unpaired) electrons. The number of anilines is 2. The van der Waals surface area contributed by atoms with Crippen molar-refractivity contribution in [3.05, 3.63) is 53.6 Å². The summed E-state index contributed by atoms with van der Waals surface area (Å²) in [6.45, 7) is 5.88. The van der Waals surface area contributed by atoms with Gasteiger partial charge in [0.25, 0.3) is 0 Å². The van der Waals surface area contributed by atoms with Gasteiger partial charge >= 0.3 is 0 Å². The number of benzene rings is 2. The van der Waals surface area contributed by atoms with Gasteiger partial charge in [0.05, 0.1) is 4.90 Å². The van der Waals surface area contributed by atoms with Gasteiger partial charge in [-0.1, -0.05) is 25.1 Å². The Balaban J connectivity index is 1.36. The van der Waals surface area contributed by atoms with Crippen molar-refractivity contribution in [2.75, 3.05) is 29.4 Å². The number of sulfonamides is 1. The van der Waals surface area contributed by atoms with Crippen LogP contribution in [0.1, 0.15) is 37.8 Å². The first-order valence-electron chi connectivity index (χ1n) is 10.7. The first kappa shape index (κ1) is 20.9. The van der Waals surface area contributed by atoms with E-state index >= 15 is 0 Å². The van der Waals surface area contributed by atoms with Crippen LogP contribution in [0.5, 0.6) is 0 Å². The fraction of sp³-hybridized carbons (Fsp3) is 0.435. The van der Waals surface area contributed by atoms with Gasteiger partial charge in [-0.3, -0.25) is 4.79 Å². The smallest absolute Gasteiger partial charge is 0.240 e. The van der Waals surface area contributed by atoms with Crippen molar-refractivity contribution in [2.45, 2.75) is 50.5 Å². The molecule has 0 bridgehead atoms. The standard InChI is InChI=1S/C23H29N3O3S/c1-3-23(27)26-14-11-19-16-20(9-10-22(19)26)30(28,29)24-12-6-13-25-17(2)15-18-7-4-5-8-21(18)25/h4-5,7-10,16-17,24H,3,6,11-15H2,1-2H3/t17-/m0/s1. The Bertz CT molecular complexity index is 1050. The van der Waals surface area contributed by atoms with Crippen molar-refractivity contribution < 1.29 is 13.2 Å². The quantitative estimate of drug-likeness (QED) is 0.690. The van der Waals surface area contributed by atoms with E-state index in [2.05, 4.69) is 40.8 Å². The normalized spacial score (nSPS) is 17.9. The molecule has 0 unspecified atom stereocenters. The van der Waals surface area contributed by atoms with Crippen LogP contribution in [-0.2, 0) is 27.7 Å². The Morgan fingerprint density at radius 1 is 1.13 bits per heavy atom. The van der Waals surface area contributed by atoms with Gasteiger partial charge in [-0.05, 0) is 61.6 Å². The number of rotatable bonds is 7. The van der Waals surface area contributed by atoms with Gasteiger partial charge in [0.1, 0.15) is 0 Å². The number of hydrogen-bond acceptors (Lipinski definition) is 4. The molecule has 2 aliphatic rings. The molecule has 7 heteroatoms. The molecule has 1 amide bonds. The maximum atomic E-state index is 12.8. The maximum Gasteiger partial charge on any atom is 0.240 e. The predicted molar refractivity (Wildman–Crippen MR) is 120 cm³/mol. The summed E-state index contributed by atoms with van der Waals surface area (Å²) in [6.07, 6.45) is 2.91. The van der Waals surface area contributed by atoms with Gasteiger partial charge in [-0.15, -0.1) is 0 Å². The number of para-hydroxylation sites is 1. The molecule has 0 fully saturated rings. The highest BCUT2D eigenvalue weighted by Crippen LogP contribution is 2.32. The lowest BCUT2D eigenvalue weighted by molar-refractivity contribution is -0.118. The lowest BCUT2D eigenvalue weighted by Gasteiger charge is -2.25. The molecule has 1 N–H and O–H groups in total. The van der Waals surface area contributed by atoms with Gasteiger partial charge in [0.2, 0.25) is 15.9 Å². The number of fused-ring (bicyclic) bond motifs is 2. The second-order valence-electron chi connectivity index (χ2n) is 8.07. The summed E-state index contributed by atoms with van der Waals surface area (Å²) in [7, 11) is -3.57. The van der Waals surface area contributed by atoms with Crippen LogP contribution in [0.25, 0.3) is 0 Å². The monoisotopic (exact) mass is 427 g/mol. The summed E-state index contributed by atoms with van der Waals surface area (Å²) in [5.41, 5.74) is 4.38. The lowest BCUT2D eigenvalue weighted by Crippen LogP contribution is -2.33. The second-order valence-corrected chi connectivity index (χ2v) is 9.83. The second kappa shape index (κ2) is 8.40. The number of nitrogens with one attached hydrogen (secondary N) is 1. The van der Waals surface area contributed by atoms with Crippen LogP contribution < -0.4 is 14.5 Å². The van der Waals surface area contributed by atoms with Crippen LogP contribution >= 0.6 is 0 Å². The third kappa shape index (κ3) is 3.96. The van der Waals surface area contributed by atoms with Gasteiger partial charge in [-0.25, -0.2) is 13.1 Å². The summed E-state index contributed by atoms with van der Waals surface area (Å²) < 4.78 is 28.3. The van der Waals surface area contributed by atoms with Crippen molar-refractivity contribution in [1.82, 2.24) is 4.72 Å². The van der Waals surface area contributed by atoms with Gasteiger partial charge in [-0.2, -0.15) is 0 Å². The van der Waals surface area contributed by atoms with Crippen molar-refractivity contribution in [3.8, 4) is 0 Å². The Hall–Kier alpha value is -2.38. The summed E-state index contributed by atoms with van der Waals surface area (Å²) in [6, 6.07) is 13.9. The fourth-order valence-electron chi connectivity index (χ4n) is 4.50. The zero-order chi connectivity index (χ0) is 21.3. The predicted octanol–water partition coefficient (Wildman–Crippen LogP) is 3.11. The van der Waals surface area contributed by atoms with Gasteiger partial charge in [0, 0.05) is 43.5 Å². The minimum Gasteiger partial charge on any atom is -0.368 e. The van der Waals surface area contributed by atoms with Crippen molar-refractivity contribution in [3.63, 3.8) is 0 Å². The van der Waals surface area contributed by atoms with Crippen LogP contribution in [0.2, 0.25) is 0 Å². The Morgan fingerprint density at radius 2 is 1.93 bits per heavy atom. The van der Waals surface area contributed by atoms with E-state index in [4.69, 9.17) is 0 Å². The molecule has 0 aromatic heterocycles. The van der Waals surface area contributed by atoms with Crippen molar-refractivity contribution in [1.29, 1.82) is 0 Å². The van der Waals surface area contributed by atoms with E-state index in [-0.39, 0.29) is 10.8 Å². The van der Waals surface area contributed by atoms with Crippen molar-refractivity contribution >= 4 is 27.3 Å². The van der Waals surface area contributed by atoms with Gasteiger partial charge < -0.3 is 9.80 Å². The third-order valence-electron chi connectivity index (χ3n) is 6.08. The van der Waals surface area contributed by atoms with Crippen LogP contribution in [0, 0.1) is 0 Å². The Morgan fingerprint density at radius 3 is 2.73 bits per heavy atom. The average molecular weight is 428 g/mol. The molecule has 0 saturated heterocycles. The minimum absolute atomic E-state index is 0.0696. The van der Waals surface area contributed by atoms with Crippen LogP contribution in [0.3, 0.4) is 0 Å².